The van der Waals surface area contributed by atoms with Crippen molar-refractivity contribution in [1.29, 1.82) is 0 Å². The second-order valence-electron chi connectivity index (χ2n) is 3.26. The van der Waals surface area contributed by atoms with Gasteiger partial charge in [-0.25, -0.2) is 0 Å². The predicted octanol–water partition coefficient (Wildman–Crippen LogP) is 0.655. The number of rotatable bonds is 3. The second kappa shape index (κ2) is 4.11. The Kier molecular flexibility index (Phi) is 3.09. The lowest BCUT2D eigenvalue weighted by atomic mass is 10.0. The molecule has 0 aliphatic rings. The van der Waals surface area contributed by atoms with Crippen molar-refractivity contribution in [3.05, 3.63) is 29.3 Å². The summed E-state index contributed by atoms with van der Waals surface area (Å²) in [6.45, 7) is 1.81. The van der Waals surface area contributed by atoms with Crippen molar-refractivity contribution in [3.63, 3.8) is 0 Å². The zero-order valence-electron chi connectivity index (χ0n) is 7.90. The van der Waals surface area contributed by atoms with E-state index >= 15 is 0 Å². The van der Waals surface area contributed by atoms with Crippen LogP contribution in [0.15, 0.2) is 18.2 Å². The normalized spacial score (nSPS) is 12.4. The van der Waals surface area contributed by atoms with Gasteiger partial charge >= 0.3 is 5.97 Å². The SMILES string of the molecule is Cc1cc(O)ccc1C[C@@H](N)C(=O)O. The highest BCUT2D eigenvalue weighted by Crippen LogP contribution is 2.16. The molecule has 4 nitrogen and oxygen atoms in total. The molecule has 14 heavy (non-hydrogen) atoms. The first-order valence-corrected chi connectivity index (χ1v) is 4.27. The van der Waals surface area contributed by atoms with Crippen LogP contribution in [0.4, 0.5) is 0 Å². The third kappa shape index (κ3) is 2.47. The first kappa shape index (κ1) is 10.5. The van der Waals surface area contributed by atoms with Crippen LogP contribution in [0.1, 0.15) is 11.1 Å². The molecular formula is C10H13NO3. The van der Waals surface area contributed by atoms with Crippen molar-refractivity contribution in [3.8, 4) is 5.75 Å². The molecule has 0 saturated heterocycles. The number of nitrogens with two attached hydrogens (primary N) is 1. The minimum absolute atomic E-state index is 0.176. The third-order valence-electron chi connectivity index (χ3n) is 2.08. The minimum Gasteiger partial charge on any atom is -0.508 e. The summed E-state index contributed by atoms with van der Waals surface area (Å²) in [4.78, 5) is 10.5. The van der Waals surface area contributed by atoms with Gasteiger partial charge in [-0.3, -0.25) is 4.79 Å². The Bertz CT molecular complexity index is 349. The molecule has 1 aromatic rings. The van der Waals surface area contributed by atoms with Gasteiger partial charge in [0.25, 0.3) is 0 Å². The van der Waals surface area contributed by atoms with E-state index in [1.165, 1.54) is 6.07 Å². The van der Waals surface area contributed by atoms with Gasteiger partial charge < -0.3 is 15.9 Å². The zero-order chi connectivity index (χ0) is 10.7. The molecule has 0 fully saturated rings. The summed E-state index contributed by atoms with van der Waals surface area (Å²) in [5.41, 5.74) is 7.09. The fraction of sp³-hybridized carbons (Fsp3) is 0.300. The Morgan fingerprint density at radius 2 is 2.21 bits per heavy atom. The molecule has 0 spiro atoms. The fourth-order valence-corrected chi connectivity index (χ4v) is 1.23. The summed E-state index contributed by atoms with van der Waals surface area (Å²) in [5.74, 6) is -0.840. The number of phenolic OH excluding ortho intramolecular Hbond substituents is 1. The highest BCUT2D eigenvalue weighted by atomic mass is 16.4. The molecule has 1 rings (SSSR count). The van der Waals surface area contributed by atoms with Gasteiger partial charge in [0.05, 0.1) is 0 Å². The van der Waals surface area contributed by atoms with E-state index in [2.05, 4.69) is 0 Å². The lowest BCUT2D eigenvalue weighted by molar-refractivity contribution is -0.138. The van der Waals surface area contributed by atoms with E-state index in [1.54, 1.807) is 12.1 Å². The van der Waals surface area contributed by atoms with E-state index in [0.717, 1.165) is 11.1 Å². The number of hydrogen-bond donors (Lipinski definition) is 3. The minimum atomic E-state index is -1.02. The number of carbonyl (C=O) groups is 1. The van der Waals surface area contributed by atoms with Gasteiger partial charge in [0.2, 0.25) is 0 Å². The van der Waals surface area contributed by atoms with E-state index in [1.807, 2.05) is 6.92 Å². The smallest absolute Gasteiger partial charge is 0.320 e. The number of hydrogen-bond acceptors (Lipinski definition) is 3. The Morgan fingerprint density at radius 1 is 1.57 bits per heavy atom. The Hall–Kier alpha value is -1.55. The molecule has 76 valence electrons. The van der Waals surface area contributed by atoms with Crippen molar-refractivity contribution >= 4 is 5.97 Å². The Morgan fingerprint density at radius 3 is 2.71 bits per heavy atom. The van der Waals surface area contributed by atoms with Crippen molar-refractivity contribution in [2.45, 2.75) is 19.4 Å². The third-order valence-corrected chi connectivity index (χ3v) is 2.08. The zero-order valence-corrected chi connectivity index (χ0v) is 7.90. The average Bonchev–Trinajstić information content (AvgIpc) is 2.09. The van der Waals surface area contributed by atoms with Crippen LogP contribution in [0.5, 0.6) is 5.75 Å². The van der Waals surface area contributed by atoms with Gasteiger partial charge in [-0.15, -0.1) is 0 Å². The van der Waals surface area contributed by atoms with E-state index < -0.39 is 12.0 Å². The van der Waals surface area contributed by atoms with E-state index in [9.17, 15) is 4.79 Å². The highest BCUT2D eigenvalue weighted by Gasteiger charge is 2.13. The van der Waals surface area contributed by atoms with Crippen molar-refractivity contribution in [2.75, 3.05) is 0 Å². The first-order valence-electron chi connectivity index (χ1n) is 4.27. The number of benzene rings is 1. The number of aliphatic carboxylic acids is 1. The molecule has 1 aromatic carbocycles. The molecular weight excluding hydrogens is 182 g/mol. The van der Waals surface area contributed by atoms with Gasteiger partial charge in [0.1, 0.15) is 11.8 Å². The largest absolute Gasteiger partial charge is 0.508 e. The summed E-state index contributed by atoms with van der Waals surface area (Å²) < 4.78 is 0. The van der Waals surface area contributed by atoms with Crippen molar-refractivity contribution in [2.24, 2.45) is 5.73 Å². The average molecular weight is 195 g/mol. The summed E-state index contributed by atoms with van der Waals surface area (Å²) >= 11 is 0. The molecule has 4 heteroatoms. The van der Waals surface area contributed by atoms with E-state index in [0.29, 0.717) is 0 Å². The van der Waals surface area contributed by atoms with Crippen LogP contribution in [0.2, 0.25) is 0 Å². The van der Waals surface area contributed by atoms with Crippen LogP contribution in [0.3, 0.4) is 0 Å². The van der Waals surface area contributed by atoms with Gasteiger partial charge in [-0.2, -0.15) is 0 Å². The standard InChI is InChI=1S/C10H13NO3/c1-6-4-8(12)3-2-7(6)5-9(11)10(13)14/h2-4,9,12H,5,11H2,1H3,(H,13,14)/t9-/m1/s1. The maximum Gasteiger partial charge on any atom is 0.320 e. The summed E-state index contributed by atoms with van der Waals surface area (Å²) in [5, 5.41) is 17.7. The lowest BCUT2D eigenvalue weighted by Crippen LogP contribution is -2.32. The molecule has 0 amide bonds. The van der Waals surface area contributed by atoms with Crippen LogP contribution in [0, 0.1) is 6.92 Å². The van der Waals surface area contributed by atoms with Crippen LogP contribution in [0.25, 0.3) is 0 Å². The predicted molar refractivity (Wildman–Crippen MR) is 52.2 cm³/mol. The highest BCUT2D eigenvalue weighted by molar-refractivity contribution is 5.73. The van der Waals surface area contributed by atoms with Crippen LogP contribution >= 0.6 is 0 Å². The van der Waals surface area contributed by atoms with Crippen LogP contribution in [-0.2, 0) is 11.2 Å². The molecule has 0 bridgehead atoms. The molecule has 0 saturated carbocycles. The molecule has 0 radical (unpaired) electrons. The van der Waals surface area contributed by atoms with E-state index in [-0.39, 0.29) is 12.2 Å². The lowest BCUT2D eigenvalue weighted by Gasteiger charge is -2.09. The van der Waals surface area contributed by atoms with Gasteiger partial charge in [0.15, 0.2) is 0 Å². The molecule has 0 unspecified atom stereocenters. The Labute approximate surface area is 82.0 Å². The van der Waals surface area contributed by atoms with E-state index in [4.69, 9.17) is 15.9 Å². The Balaban J connectivity index is 2.82. The van der Waals surface area contributed by atoms with Gasteiger partial charge in [-0.05, 0) is 36.6 Å². The summed E-state index contributed by atoms with van der Waals surface area (Å²) in [6, 6.07) is 3.91. The molecule has 0 aromatic heterocycles. The van der Waals surface area contributed by atoms with Crippen molar-refractivity contribution in [1.82, 2.24) is 0 Å². The summed E-state index contributed by atoms with van der Waals surface area (Å²) in [7, 11) is 0. The van der Waals surface area contributed by atoms with Crippen LogP contribution in [-0.4, -0.2) is 22.2 Å². The number of carboxylic acids is 1. The molecule has 0 aliphatic carbocycles. The number of aryl methyl sites for hydroxylation is 1. The van der Waals surface area contributed by atoms with Crippen molar-refractivity contribution < 1.29 is 15.0 Å². The maximum absolute atomic E-state index is 10.5. The summed E-state index contributed by atoms with van der Waals surface area (Å²) in [6.07, 6.45) is 0.279. The molecule has 0 heterocycles. The second-order valence-corrected chi connectivity index (χ2v) is 3.26. The topological polar surface area (TPSA) is 83.5 Å². The monoisotopic (exact) mass is 195 g/mol. The number of aromatic hydroxyl groups is 1. The molecule has 4 N–H and O–H groups in total. The number of carboxylic acid groups (broad SMARTS) is 1. The quantitative estimate of drug-likeness (QED) is 0.661. The number of phenols is 1. The molecule has 0 aliphatic heterocycles. The molecule has 1 atom stereocenters. The van der Waals surface area contributed by atoms with Gasteiger partial charge in [0, 0.05) is 0 Å². The maximum atomic E-state index is 10.5. The first-order chi connectivity index (χ1) is 6.50. The fourth-order valence-electron chi connectivity index (χ4n) is 1.23. The van der Waals surface area contributed by atoms with Crippen LogP contribution < -0.4 is 5.73 Å². The van der Waals surface area contributed by atoms with Gasteiger partial charge in [-0.1, -0.05) is 6.07 Å².